The van der Waals surface area contributed by atoms with E-state index in [0.29, 0.717) is 11.0 Å². The Morgan fingerprint density at radius 2 is 2.11 bits per heavy atom. The first-order valence-corrected chi connectivity index (χ1v) is 8.10. The highest BCUT2D eigenvalue weighted by Gasteiger charge is 2.06. The van der Waals surface area contributed by atoms with Crippen LogP contribution in [-0.2, 0) is 0 Å². The van der Waals surface area contributed by atoms with E-state index in [0.717, 1.165) is 15.7 Å². The van der Waals surface area contributed by atoms with E-state index >= 15 is 0 Å². The van der Waals surface area contributed by atoms with Gasteiger partial charge in [0.1, 0.15) is 4.99 Å². The highest BCUT2D eigenvalue weighted by atomic mass is 79.9. The highest BCUT2D eigenvalue weighted by Crippen LogP contribution is 2.22. The lowest BCUT2D eigenvalue weighted by molar-refractivity contribution is 0.594. The van der Waals surface area contributed by atoms with Gasteiger partial charge in [-0.2, -0.15) is 0 Å². The van der Waals surface area contributed by atoms with Gasteiger partial charge in [-0.05, 0) is 47.5 Å². The van der Waals surface area contributed by atoms with Gasteiger partial charge in [-0.3, -0.25) is 0 Å². The number of halogens is 1. The number of rotatable bonds is 8. The summed E-state index contributed by atoms with van der Waals surface area (Å²) in [7, 11) is 0. The van der Waals surface area contributed by atoms with Crippen LogP contribution in [0.25, 0.3) is 0 Å². The molecule has 1 rings (SSSR count). The number of anilines is 1. The van der Waals surface area contributed by atoms with Gasteiger partial charge in [-0.1, -0.05) is 44.8 Å². The van der Waals surface area contributed by atoms with Crippen molar-refractivity contribution in [3.63, 3.8) is 0 Å². The summed E-state index contributed by atoms with van der Waals surface area (Å²) >= 11 is 8.49. The van der Waals surface area contributed by atoms with Crippen molar-refractivity contribution in [2.24, 2.45) is 5.73 Å². The number of benzene rings is 1. The van der Waals surface area contributed by atoms with Gasteiger partial charge in [0.05, 0.1) is 0 Å². The predicted molar refractivity (Wildman–Crippen MR) is 91.9 cm³/mol. The molecule has 0 heterocycles. The SMILES string of the molecule is CCCCCCC(C)Nc1ccc(C(N)=S)c(Br)c1. The summed E-state index contributed by atoms with van der Waals surface area (Å²) in [6, 6.07) is 6.51. The Balaban J connectivity index is 2.48. The molecule has 0 radical (unpaired) electrons. The van der Waals surface area contributed by atoms with Gasteiger partial charge in [0.2, 0.25) is 0 Å². The van der Waals surface area contributed by atoms with Crippen LogP contribution in [0, 0.1) is 0 Å². The second-order valence-electron chi connectivity index (χ2n) is 4.95. The molecular formula is C15H23BrN2S. The minimum absolute atomic E-state index is 0.422. The number of thiocarbonyl (C=S) groups is 1. The Bertz CT molecular complexity index is 421. The van der Waals surface area contributed by atoms with Gasteiger partial charge < -0.3 is 11.1 Å². The minimum Gasteiger partial charge on any atom is -0.389 e. The Morgan fingerprint density at radius 3 is 2.68 bits per heavy atom. The molecular weight excluding hydrogens is 320 g/mol. The van der Waals surface area contributed by atoms with E-state index in [1.165, 1.54) is 32.1 Å². The standard InChI is InChI=1S/C15H23BrN2S/c1-3-4-5-6-7-11(2)18-12-8-9-13(15(17)19)14(16)10-12/h8-11,18H,3-7H2,1-2H3,(H2,17,19). The lowest BCUT2D eigenvalue weighted by atomic mass is 10.1. The molecule has 19 heavy (non-hydrogen) atoms. The maximum Gasteiger partial charge on any atom is 0.105 e. The van der Waals surface area contributed by atoms with E-state index in [2.05, 4.69) is 35.1 Å². The molecule has 0 saturated heterocycles. The number of nitrogens with two attached hydrogens (primary N) is 1. The molecule has 0 aliphatic rings. The number of hydrogen-bond donors (Lipinski definition) is 2. The fourth-order valence-electron chi connectivity index (χ4n) is 2.04. The third kappa shape index (κ3) is 5.91. The molecule has 3 N–H and O–H groups in total. The maximum absolute atomic E-state index is 5.64. The van der Waals surface area contributed by atoms with Crippen molar-refractivity contribution >= 4 is 38.8 Å². The molecule has 0 saturated carbocycles. The normalized spacial score (nSPS) is 12.2. The lowest BCUT2D eigenvalue weighted by Gasteiger charge is -2.16. The lowest BCUT2D eigenvalue weighted by Crippen LogP contribution is -2.15. The summed E-state index contributed by atoms with van der Waals surface area (Å²) in [6.45, 7) is 4.46. The van der Waals surface area contributed by atoms with Crippen LogP contribution >= 0.6 is 28.1 Å². The van der Waals surface area contributed by atoms with Crippen LogP contribution in [0.4, 0.5) is 5.69 Å². The molecule has 1 unspecified atom stereocenters. The molecule has 1 aromatic carbocycles. The fraction of sp³-hybridized carbons (Fsp3) is 0.533. The van der Waals surface area contributed by atoms with Crippen molar-refractivity contribution in [3.05, 3.63) is 28.2 Å². The molecule has 0 aliphatic heterocycles. The first-order chi connectivity index (χ1) is 9.04. The third-order valence-electron chi connectivity index (χ3n) is 3.14. The molecule has 0 bridgehead atoms. The zero-order chi connectivity index (χ0) is 14.3. The summed E-state index contributed by atoms with van der Waals surface area (Å²) in [6.07, 6.45) is 6.44. The molecule has 1 atom stereocenters. The van der Waals surface area contributed by atoms with Crippen molar-refractivity contribution in [1.29, 1.82) is 0 Å². The molecule has 0 fully saturated rings. The van der Waals surface area contributed by atoms with E-state index in [9.17, 15) is 0 Å². The third-order valence-corrected chi connectivity index (χ3v) is 4.01. The maximum atomic E-state index is 5.64. The van der Waals surface area contributed by atoms with E-state index in [-0.39, 0.29) is 0 Å². The largest absolute Gasteiger partial charge is 0.389 e. The molecule has 2 nitrogen and oxygen atoms in total. The van der Waals surface area contributed by atoms with Crippen LogP contribution in [0.15, 0.2) is 22.7 Å². The van der Waals surface area contributed by atoms with Crippen molar-refractivity contribution in [2.45, 2.75) is 52.0 Å². The molecule has 4 heteroatoms. The Labute approximate surface area is 130 Å². The number of hydrogen-bond acceptors (Lipinski definition) is 2. The van der Waals surface area contributed by atoms with Crippen LogP contribution in [-0.4, -0.2) is 11.0 Å². The summed E-state index contributed by atoms with van der Waals surface area (Å²) in [5, 5.41) is 3.51. The van der Waals surface area contributed by atoms with Crippen molar-refractivity contribution in [2.75, 3.05) is 5.32 Å². The van der Waals surface area contributed by atoms with Crippen molar-refractivity contribution in [3.8, 4) is 0 Å². The van der Waals surface area contributed by atoms with Gasteiger partial charge in [-0.15, -0.1) is 0 Å². The molecule has 0 aromatic heterocycles. The molecule has 0 spiro atoms. The van der Waals surface area contributed by atoms with Crippen molar-refractivity contribution in [1.82, 2.24) is 0 Å². The Hall–Kier alpha value is -0.610. The van der Waals surface area contributed by atoms with E-state index < -0.39 is 0 Å². The second kappa shape index (κ2) is 8.54. The predicted octanol–water partition coefficient (Wildman–Crippen LogP) is 4.85. The van der Waals surface area contributed by atoms with Gasteiger partial charge in [0, 0.05) is 21.8 Å². The summed E-state index contributed by atoms with van der Waals surface area (Å²) in [5.41, 5.74) is 7.63. The zero-order valence-corrected chi connectivity index (χ0v) is 14.1. The van der Waals surface area contributed by atoms with Gasteiger partial charge in [0.15, 0.2) is 0 Å². The highest BCUT2D eigenvalue weighted by molar-refractivity contribution is 9.10. The molecule has 0 aliphatic carbocycles. The molecule has 0 amide bonds. The van der Waals surface area contributed by atoms with Crippen LogP contribution in [0.5, 0.6) is 0 Å². The topological polar surface area (TPSA) is 38.0 Å². The van der Waals surface area contributed by atoms with Crippen molar-refractivity contribution < 1.29 is 0 Å². The van der Waals surface area contributed by atoms with Gasteiger partial charge in [0.25, 0.3) is 0 Å². The minimum atomic E-state index is 0.422. The summed E-state index contributed by atoms with van der Waals surface area (Å²) in [4.78, 5) is 0.422. The average Bonchev–Trinajstić information content (AvgIpc) is 2.34. The summed E-state index contributed by atoms with van der Waals surface area (Å²) < 4.78 is 0.947. The van der Waals surface area contributed by atoms with Crippen LogP contribution in [0.3, 0.4) is 0 Å². The number of unbranched alkanes of at least 4 members (excludes halogenated alkanes) is 3. The van der Waals surface area contributed by atoms with E-state index in [1.807, 2.05) is 18.2 Å². The molecule has 106 valence electrons. The second-order valence-corrected chi connectivity index (χ2v) is 6.25. The fourth-order valence-corrected chi connectivity index (χ4v) is 2.94. The quantitative estimate of drug-likeness (QED) is 0.523. The van der Waals surface area contributed by atoms with Gasteiger partial charge >= 0.3 is 0 Å². The van der Waals surface area contributed by atoms with Crippen LogP contribution in [0.1, 0.15) is 51.5 Å². The van der Waals surface area contributed by atoms with E-state index in [4.69, 9.17) is 18.0 Å². The zero-order valence-electron chi connectivity index (χ0n) is 11.7. The first-order valence-electron chi connectivity index (χ1n) is 6.90. The summed E-state index contributed by atoms with van der Waals surface area (Å²) in [5.74, 6) is 0. The number of nitrogens with one attached hydrogen (secondary N) is 1. The first kappa shape index (κ1) is 16.4. The smallest absolute Gasteiger partial charge is 0.105 e. The van der Waals surface area contributed by atoms with E-state index in [1.54, 1.807) is 0 Å². The Kier molecular flexibility index (Phi) is 7.39. The Morgan fingerprint density at radius 1 is 1.37 bits per heavy atom. The molecule has 1 aromatic rings. The average molecular weight is 343 g/mol. The van der Waals surface area contributed by atoms with Crippen LogP contribution < -0.4 is 11.1 Å². The monoisotopic (exact) mass is 342 g/mol. The van der Waals surface area contributed by atoms with Crippen LogP contribution in [0.2, 0.25) is 0 Å². The van der Waals surface area contributed by atoms with Gasteiger partial charge in [-0.25, -0.2) is 0 Å².